The molecule has 1 aromatic rings. The second-order valence-corrected chi connectivity index (χ2v) is 7.92. The molecular weight excluding hydrogens is 395 g/mol. The van der Waals surface area contributed by atoms with Gasteiger partial charge in [-0.2, -0.15) is 0 Å². The maximum absolute atomic E-state index is 12.2. The fraction of sp³-hybridized carbons (Fsp3) is 0.579. The minimum atomic E-state index is -4.78. The summed E-state index contributed by atoms with van der Waals surface area (Å²) in [6, 6.07) is 5.76. The van der Waals surface area contributed by atoms with Crippen molar-refractivity contribution in [1.82, 2.24) is 0 Å². The Morgan fingerprint density at radius 1 is 0.964 bits per heavy atom. The van der Waals surface area contributed by atoms with Gasteiger partial charge in [0.2, 0.25) is 0 Å². The van der Waals surface area contributed by atoms with Crippen molar-refractivity contribution in [2.24, 2.45) is 0 Å². The van der Waals surface area contributed by atoms with E-state index in [1.165, 1.54) is 37.5 Å². The van der Waals surface area contributed by atoms with Gasteiger partial charge >= 0.3 is 41.5 Å². The average Bonchev–Trinajstić information content (AvgIpc) is 2.62. The van der Waals surface area contributed by atoms with Crippen LogP contribution in [-0.2, 0) is 19.6 Å². The largest absolute Gasteiger partial charge is 1.00 e. The van der Waals surface area contributed by atoms with Gasteiger partial charge in [0.15, 0.2) is 5.44 Å². The fourth-order valence-electron chi connectivity index (χ4n) is 2.41. The molecule has 0 aliphatic rings. The molecule has 0 aromatic heterocycles. The molecule has 1 unspecified atom stereocenters. The maximum atomic E-state index is 12.2. The molecule has 0 N–H and O–H groups in total. The first-order chi connectivity index (χ1) is 12.8. The summed E-state index contributed by atoms with van der Waals surface area (Å²) in [7, 11) is -4.78. The number of hydrogen-bond acceptors (Lipinski definition) is 7. The molecule has 0 spiro atoms. The maximum Gasteiger partial charge on any atom is 1.00 e. The van der Waals surface area contributed by atoms with Crippen LogP contribution in [0.15, 0.2) is 24.3 Å². The molecule has 0 amide bonds. The number of esters is 2. The first-order valence-corrected chi connectivity index (χ1v) is 10.7. The molecule has 0 bridgehead atoms. The molecule has 0 saturated carbocycles. The Kier molecular flexibility index (Phi) is 13.6. The van der Waals surface area contributed by atoms with Gasteiger partial charge in [0.25, 0.3) is 0 Å². The summed E-state index contributed by atoms with van der Waals surface area (Å²) < 4.78 is 42.5. The summed E-state index contributed by atoms with van der Waals surface area (Å²) in [5.41, 5.74) is -2.01. The second-order valence-electron chi connectivity index (χ2n) is 6.27. The standard InChI is InChI=1S/C19H28O7S.Na/c1-3-4-5-6-7-8-11-14-25-18(20)16-12-9-10-13-17(16)19(21)26-15(2)27(22,23)24;/h9-10,12-13,15H,3-8,11,14H2,1-2H3,(H,22,23,24);/q;+1/p-1. The molecule has 0 fully saturated rings. The number of unbranched alkanes of at least 4 members (excludes halogenated alkanes) is 6. The molecule has 1 aromatic carbocycles. The van der Waals surface area contributed by atoms with Crippen LogP contribution < -0.4 is 29.6 Å². The smallest absolute Gasteiger partial charge is 0.745 e. The first kappa shape index (κ1) is 27.1. The zero-order valence-electron chi connectivity index (χ0n) is 16.8. The van der Waals surface area contributed by atoms with E-state index in [9.17, 15) is 22.6 Å². The zero-order chi connectivity index (χ0) is 20.3. The minimum absolute atomic E-state index is 0. The van der Waals surface area contributed by atoms with E-state index in [0.717, 1.165) is 32.6 Å². The minimum Gasteiger partial charge on any atom is -0.745 e. The summed E-state index contributed by atoms with van der Waals surface area (Å²) in [5, 5.41) is 0. The molecule has 9 heteroatoms. The summed E-state index contributed by atoms with van der Waals surface area (Å²) in [4.78, 5) is 24.3. The van der Waals surface area contributed by atoms with Crippen LogP contribution in [0.4, 0.5) is 0 Å². The van der Waals surface area contributed by atoms with Gasteiger partial charge < -0.3 is 14.0 Å². The van der Waals surface area contributed by atoms with Gasteiger partial charge in [-0.1, -0.05) is 57.6 Å². The number of ether oxygens (including phenoxy) is 2. The number of carbonyl (C=O) groups excluding carboxylic acids is 2. The Balaban J connectivity index is 0.00000729. The molecule has 0 aliphatic heterocycles. The Bertz CT molecular complexity index is 719. The zero-order valence-corrected chi connectivity index (χ0v) is 19.6. The van der Waals surface area contributed by atoms with Crippen LogP contribution in [0.5, 0.6) is 0 Å². The van der Waals surface area contributed by atoms with E-state index in [0.29, 0.717) is 0 Å². The average molecular weight is 422 g/mol. The third-order valence-electron chi connectivity index (χ3n) is 4.03. The number of rotatable bonds is 12. The van der Waals surface area contributed by atoms with Crippen molar-refractivity contribution in [1.29, 1.82) is 0 Å². The number of carbonyl (C=O) groups is 2. The van der Waals surface area contributed by atoms with Gasteiger partial charge in [0.1, 0.15) is 10.1 Å². The number of benzene rings is 1. The van der Waals surface area contributed by atoms with Gasteiger partial charge in [-0.05, 0) is 25.5 Å². The molecule has 0 saturated heterocycles. The quantitative estimate of drug-likeness (QED) is 0.210. The second kappa shape index (κ2) is 14.1. The summed E-state index contributed by atoms with van der Waals surface area (Å²) >= 11 is 0. The van der Waals surface area contributed by atoms with E-state index in [1.54, 1.807) is 6.07 Å². The van der Waals surface area contributed by atoms with Crippen LogP contribution in [0.1, 0.15) is 79.5 Å². The van der Waals surface area contributed by atoms with Crippen LogP contribution >= 0.6 is 0 Å². The van der Waals surface area contributed by atoms with Crippen molar-refractivity contribution < 1.29 is 61.6 Å². The Hall–Kier alpha value is -0.930. The normalized spacial score (nSPS) is 12.0. The van der Waals surface area contributed by atoms with E-state index >= 15 is 0 Å². The number of hydrogen-bond donors (Lipinski definition) is 0. The predicted octanol–water partition coefficient (Wildman–Crippen LogP) is 0.646. The molecule has 0 heterocycles. The third kappa shape index (κ3) is 10.0. The van der Waals surface area contributed by atoms with Crippen molar-refractivity contribution in [2.75, 3.05) is 6.61 Å². The van der Waals surface area contributed by atoms with Crippen molar-refractivity contribution >= 4 is 22.1 Å². The summed E-state index contributed by atoms with van der Waals surface area (Å²) in [6.45, 7) is 3.36. The topological polar surface area (TPSA) is 110 Å². The van der Waals surface area contributed by atoms with E-state index in [-0.39, 0.29) is 47.3 Å². The Morgan fingerprint density at radius 2 is 1.46 bits per heavy atom. The van der Waals surface area contributed by atoms with E-state index in [4.69, 9.17) is 4.74 Å². The molecule has 1 atom stereocenters. The van der Waals surface area contributed by atoms with E-state index in [1.807, 2.05) is 0 Å². The van der Waals surface area contributed by atoms with Gasteiger partial charge in [0, 0.05) is 0 Å². The Morgan fingerprint density at radius 3 is 2.00 bits per heavy atom. The van der Waals surface area contributed by atoms with E-state index in [2.05, 4.69) is 11.7 Å². The van der Waals surface area contributed by atoms with Crippen molar-refractivity contribution in [3.8, 4) is 0 Å². The molecule has 1 rings (SSSR count). The first-order valence-electron chi connectivity index (χ1n) is 9.19. The van der Waals surface area contributed by atoms with Gasteiger partial charge in [0.05, 0.1) is 17.7 Å². The van der Waals surface area contributed by atoms with Gasteiger partial charge in [-0.25, -0.2) is 18.0 Å². The van der Waals surface area contributed by atoms with Crippen LogP contribution in [0.2, 0.25) is 0 Å². The predicted molar refractivity (Wildman–Crippen MR) is 99.3 cm³/mol. The molecule has 7 nitrogen and oxygen atoms in total. The Labute approximate surface area is 189 Å². The molecular formula is C19H27NaO7S. The fourth-order valence-corrected chi connectivity index (χ4v) is 2.62. The van der Waals surface area contributed by atoms with E-state index < -0.39 is 27.5 Å². The third-order valence-corrected chi connectivity index (χ3v) is 4.94. The van der Waals surface area contributed by atoms with Crippen LogP contribution in [0.25, 0.3) is 0 Å². The molecule has 0 aliphatic carbocycles. The monoisotopic (exact) mass is 422 g/mol. The van der Waals surface area contributed by atoms with Crippen molar-refractivity contribution in [2.45, 2.75) is 64.2 Å². The SMILES string of the molecule is CCCCCCCCCOC(=O)c1ccccc1C(=O)OC(C)S(=O)(=O)[O-].[Na+]. The summed E-state index contributed by atoms with van der Waals surface area (Å²) in [6.07, 6.45) is 7.57. The molecule has 152 valence electrons. The van der Waals surface area contributed by atoms with Gasteiger partial charge in [-0.3, -0.25) is 0 Å². The van der Waals surface area contributed by atoms with Crippen LogP contribution in [-0.4, -0.2) is 37.0 Å². The van der Waals surface area contributed by atoms with Crippen molar-refractivity contribution in [3.63, 3.8) is 0 Å². The van der Waals surface area contributed by atoms with Crippen molar-refractivity contribution in [3.05, 3.63) is 35.4 Å². The molecule has 0 radical (unpaired) electrons. The van der Waals surface area contributed by atoms with Crippen LogP contribution in [0, 0.1) is 0 Å². The summed E-state index contributed by atoms with van der Waals surface area (Å²) in [5.74, 6) is -1.75. The molecule has 28 heavy (non-hydrogen) atoms. The van der Waals surface area contributed by atoms with Crippen LogP contribution in [0.3, 0.4) is 0 Å². The van der Waals surface area contributed by atoms with Gasteiger partial charge in [-0.15, -0.1) is 0 Å².